The summed E-state index contributed by atoms with van der Waals surface area (Å²) in [6.45, 7) is 6.33. The molecular weight excluding hydrogens is 346 g/mol. The van der Waals surface area contributed by atoms with Gasteiger partial charge in [-0.05, 0) is 50.8 Å². The minimum absolute atomic E-state index is 0.00138. The first-order valence-electron chi connectivity index (χ1n) is 8.41. The monoisotopic (exact) mass is 369 g/mol. The summed E-state index contributed by atoms with van der Waals surface area (Å²) in [5.41, 5.74) is 3.62. The molecule has 6 heteroatoms. The van der Waals surface area contributed by atoms with Crippen molar-refractivity contribution in [3.63, 3.8) is 0 Å². The fraction of sp³-hybridized carbons (Fsp3) is 0.300. The van der Waals surface area contributed by atoms with Crippen molar-refractivity contribution >= 4 is 17.7 Å². The van der Waals surface area contributed by atoms with Crippen molar-refractivity contribution < 1.29 is 9.32 Å². The first-order valence-corrected chi connectivity index (χ1v) is 9.64. The van der Waals surface area contributed by atoms with Gasteiger partial charge in [0.2, 0.25) is 0 Å². The molecule has 3 aromatic rings. The minimum atomic E-state index is -0.00138. The lowest BCUT2D eigenvalue weighted by Gasteiger charge is -2.17. The summed E-state index contributed by atoms with van der Waals surface area (Å²) < 4.78 is 7.13. The molecule has 1 amide bonds. The molecule has 0 saturated heterocycles. The van der Waals surface area contributed by atoms with Crippen LogP contribution in [0, 0.1) is 20.8 Å². The van der Waals surface area contributed by atoms with Gasteiger partial charge in [0.25, 0.3) is 5.91 Å². The second-order valence-electron chi connectivity index (χ2n) is 6.43. The highest BCUT2D eigenvalue weighted by Crippen LogP contribution is 2.22. The second kappa shape index (κ2) is 7.41. The van der Waals surface area contributed by atoms with E-state index >= 15 is 0 Å². The highest BCUT2D eigenvalue weighted by Gasteiger charge is 2.21. The van der Waals surface area contributed by atoms with Crippen molar-refractivity contribution in [3.05, 3.63) is 64.7 Å². The number of hydrogen-bond donors (Lipinski definition) is 0. The van der Waals surface area contributed by atoms with Crippen LogP contribution in [0.15, 0.2) is 45.8 Å². The zero-order valence-corrected chi connectivity index (χ0v) is 16.6. The van der Waals surface area contributed by atoms with Crippen molar-refractivity contribution in [2.75, 3.05) is 13.3 Å². The van der Waals surface area contributed by atoms with Crippen molar-refractivity contribution in [2.45, 2.75) is 32.2 Å². The highest BCUT2D eigenvalue weighted by atomic mass is 32.2. The molecule has 0 radical (unpaired) electrons. The topological polar surface area (TPSA) is 51.3 Å². The molecule has 2 aromatic heterocycles. The molecule has 0 aliphatic carbocycles. The van der Waals surface area contributed by atoms with Crippen molar-refractivity contribution in [2.24, 2.45) is 0 Å². The van der Waals surface area contributed by atoms with Crippen LogP contribution in [0.5, 0.6) is 0 Å². The summed E-state index contributed by atoms with van der Waals surface area (Å²) in [5, 5.41) is 4.07. The Bertz CT molecular complexity index is 925. The van der Waals surface area contributed by atoms with Gasteiger partial charge in [-0.3, -0.25) is 9.36 Å². The lowest BCUT2D eigenvalue weighted by atomic mass is 10.2. The van der Waals surface area contributed by atoms with Crippen molar-refractivity contribution in [3.8, 4) is 5.82 Å². The van der Waals surface area contributed by atoms with Gasteiger partial charge in [0, 0.05) is 35.9 Å². The fourth-order valence-electron chi connectivity index (χ4n) is 3.07. The number of nitrogens with zero attached hydrogens (tertiary/aromatic N) is 3. The van der Waals surface area contributed by atoms with Gasteiger partial charge in [0.15, 0.2) is 5.82 Å². The van der Waals surface area contributed by atoms with E-state index in [1.54, 1.807) is 16.7 Å². The summed E-state index contributed by atoms with van der Waals surface area (Å²) in [7, 11) is 1.83. The molecule has 1 aromatic carbocycles. The molecule has 0 aliphatic rings. The van der Waals surface area contributed by atoms with Crippen LogP contribution in [-0.2, 0) is 6.54 Å². The lowest BCUT2D eigenvalue weighted by molar-refractivity contribution is 0.0784. The van der Waals surface area contributed by atoms with Crippen LogP contribution >= 0.6 is 11.8 Å². The third-order valence-electron chi connectivity index (χ3n) is 4.43. The SMILES string of the molecule is CSc1ccc(CN(C)C(=O)c2cc(C)n(-c3cc(C)on3)c2C)cc1. The van der Waals surface area contributed by atoms with Gasteiger partial charge >= 0.3 is 0 Å². The minimum Gasteiger partial charge on any atom is -0.360 e. The Morgan fingerprint density at radius 2 is 1.88 bits per heavy atom. The zero-order chi connectivity index (χ0) is 18.8. The van der Waals surface area contributed by atoms with E-state index in [2.05, 4.69) is 35.7 Å². The van der Waals surface area contributed by atoms with E-state index in [0.717, 1.165) is 22.7 Å². The molecule has 136 valence electrons. The number of hydrogen-bond acceptors (Lipinski definition) is 4. The van der Waals surface area contributed by atoms with Gasteiger partial charge in [0.1, 0.15) is 5.76 Å². The van der Waals surface area contributed by atoms with Crippen LogP contribution in [0.1, 0.15) is 33.1 Å². The first kappa shape index (κ1) is 18.3. The van der Waals surface area contributed by atoms with Gasteiger partial charge < -0.3 is 9.42 Å². The zero-order valence-electron chi connectivity index (χ0n) is 15.7. The van der Waals surface area contributed by atoms with Gasteiger partial charge in [-0.2, -0.15) is 0 Å². The third-order valence-corrected chi connectivity index (χ3v) is 5.18. The Morgan fingerprint density at radius 1 is 1.19 bits per heavy atom. The quantitative estimate of drug-likeness (QED) is 0.626. The number of aromatic nitrogens is 2. The van der Waals surface area contributed by atoms with E-state index < -0.39 is 0 Å². The molecule has 0 unspecified atom stereocenters. The molecule has 0 atom stereocenters. The van der Waals surface area contributed by atoms with E-state index in [1.165, 1.54) is 4.90 Å². The largest absolute Gasteiger partial charge is 0.360 e. The molecule has 26 heavy (non-hydrogen) atoms. The number of aryl methyl sites for hydroxylation is 2. The summed E-state index contributed by atoms with van der Waals surface area (Å²) in [6, 6.07) is 12.1. The van der Waals surface area contributed by atoms with Crippen LogP contribution in [0.2, 0.25) is 0 Å². The number of benzene rings is 1. The molecular formula is C20H23N3O2S. The first-order chi connectivity index (χ1) is 12.4. The van der Waals surface area contributed by atoms with Gasteiger partial charge in [0.05, 0.1) is 5.56 Å². The Hall–Kier alpha value is -2.47. The number of amides is 1. The molecule has 0 bridgehead atoms. The molecule has 0 aliphatic heterocycles. The summed E-state index contributed by atoms with van der Waals surface area (Å²) in [4.78, 5) is 15.9. The van der Waals surface area contributed by atoms with Gasteiger partial charge in [-0.25, -0.2) is 0 Å². The molecule has 2 heterocycles. The number of carbonyl (C=O) groups is 1. The number of carbonyl (C=O) groups excluding carboxylic acids is 1. The maximum Gasteiger partial charge on any atom is 0.255 e. The molecule has 0 saturated carbocycles. The summed E-state index contributed by atoms with van der Waals surface area (Å²) in [5.74, 6) is 1.44. The normalized spacial score (nSPS) is 11.0. The lowest BCUT2D eigenvalue weighted by Crippen LogP contribution is -2.26. The smallest absolute Gasteiger partial charge is 0.255 e. The molecule has 0 spiro atoms. The Labute approximate surface area is 158 Å². The van der Waals surface area contributed by atoms with Crippen molar-refractivity contribution in [1.82, 2.24) is 14.6 Å². The maximum absolute atomic E-state index is 13.0. The van der Waals surface area contributed by atoms with Crippen molar-refractivity contribution in [1.29, 1.82) is 0 Å². The van der Waals surface area contributed by atoms with E-state index in [4.69, 9.17) is 4.52 Å². The maximum atomic E-state index is 13.0. The number of thioether (sulfide) groups is 1. The van der Waals surface area contributed by atoms with Gasteiger partial charge in [-0.1, -0.05) is 17.3 Å². The predicted octanol–water partition coefficient (Wildman–Crippen LogP) is 4.38. The van der Waals surface area contributed by atoms with E-state index in [0.29, 0.717) is 17.9 Å². The van der Waals surface area contributed by atoms with Gasteiger partial charge in [-0.15, -0.1) is 11.8 Å². The average Bonchev–Trinajstić information content (AvgIpc) is 3.17. The highest BCUT2D eigenvalue weighted by molar-refractivity contribution is 7.98. The van der Waals surface area contributed by atoms with E-state index in [1.807, 2.05) is 44.5 Å². The standard InChI is InChI=1S/C20H23N3O2S/c1-13-10-18(15(3)23(13)19-11-14(2)25-21-19)20(24)22(4)12-16-6-8-17(26-5)9-7-16/h6-11H,12H2,1-5H3. The fourth-order valence-corrected chi connectivity index (χ4v) is 3.48. The Kier molecular flexibility index (Phi) is 5.23. The Balaban J connectivity index is 1.82. The third kappa shape index (κ3) is 3.55. The Morgan fingerprint density at radius 3 is 2.46 bits per heavy atom. The van der Waals surface area contributed by atoms with Crippen LogP contribution in [0.4, 0.5) is 0 Å². The molecule has 0 N–H and O–H groups in total. The summed E-state index contributed by atoms with van der Waals surface area (Å²) in [6.07, 6.45) is 2.05. The van der Waals surface area contributed by atoms with E-state index in [-0.39, 0.29) is 5.91 Å². The second-order valence-corrected chi connectivity index (χ2v) is 7.30. The van der Waals surface area contributed by atoms with Crippen LogP contribution < -0.4 is 0 Å². The molecule has 5 nitrogen and oxygen atoms in total. The summed E-state index contributed by atoms with van der Waals surface area (Å²) >= 11 is 1.71. The van der Waals surface area contributed by atoms with Crippen LogP contribution in [0.3, 0.4) is 0 Å². The molecule has 3 rings (SSSR count). The van der Waals surface area contributed by atoms with Crippen LogP contribution in [0.25, 0.3) is 5.82 Å². The average molecular weight is 369 g/mol. The predicted molar refractivity (Wildman–Crippen MR) is 104 cm³/mol. The van der Waals surface area contributed by atoms with Crippen LogP contribution in [-0.4, -0.2) is 33.8 Å². The number of rotatable bonds is 5. The van der Waals surface area contributed by atoms with E-state index in [9.17, 15) is 4.79 Å². The molecule has 0 fully saturated rings.